The number of anilines is 1. The van der Waals surface area contributed by atoms with Crippen LogP contribution in [0.1, 0.15) is 28.4 Å². The summed E-state index contributed by atoms with van der Waals surface area (Å²) in [7, 11) is 0. The average Bonchev–Trinajstić information content (AvgIpc) is 3.28. The fourth-order valence-corrected chi connectivity index (χ4v) is 4.07. The molecule has 7 heteroatoms. The number of aromatic nitrogens is 2. The van der Waals surface area contributed by atoms with Crippen LogP contribution in [0.3, 0.4) is 0 Å². The molecule has 3 heterocycles. The molecule has 1 fully saturated rings. The van der Waals surface area contributed by atoms with Crippen LogP contribution in [0.15, 0.2) is 66.9 Å². The van der Waals surface area contributed by atoms with Crippen molar-refractivity contribution < 1.29 is 9.53 Å². The molecule has 0 spiro atoms. The van der Waals surface area contributed by atoms with Crippen molar-refractivity contribution in [1.29, 1.82) is 0 Å². The number of rotatable bonds is 4. The molecule has 0 radical (unpaired) electrons. The zero-order valence-electron chi connectivity index (χ0n) is 17.3. The van der Waals surface area contributed by atoms with E-state index in [-0.39, 0.29) is 12.1 Å². The molecular formula is C24H25N5O2. The van der Waals surface area contributed by atoms with Crippen LogP contribution in [-0.4, -0.2) is 47.2 Å². The lowest BCUT2D eigenvalue weighted by Gasteiger charge is -2.26. The summed E-state index contributed by atoms with van der Waals surface area (Å²) >= 11 is 0. The molecular weight excluding hydrogens is 390 g/mol. The molecule has 31 heavy (non-hydrogen) atoms. The van der Waals surface area contributed by atoms with Gasteiger partial charge in [0.25, 0.3) is 0 Å². The van der Waals surface area contributed by atoms with Crippen LogP contribution in [0.2, 0.25) is 0 Å². The Morgan fingerprint density at radius 3 is 2.23 bits per heavy atom. The van der Waals surface area contributed by atoms with Gasteiger partial charge in [-0.2, -0.15) is 0 Å². The number of hydrogen-bond donors (Lipinski definition) is 1. The van der Waals surface area contributed by atoms with Crippen molar-refractivity contribution >= 4 is 12.0 Å². The lowest BCUT2D eigenvalue weighted by Crippen LogP contribution is -2.39. The third kappa shape index (κ3) is 4.22. The first-order valence-electron chi connectivity index (χ1n) is 10.6. The van der Waals surface area contributed by atoms with Gasteiger partial charge in [0.1, 0.15) is 0 Å². The summed E-state index contributed by atoms with van der Waals surface area (Å²) in [6.07, 6.45) is 1.85. The van der Waals surface area contributed by atoms with Gasteiger partial charge in [-0.15, -0.1) is 0 Å². The summed E-state index contributed by atoms with van der Waals surface area (Å²) < 4.78 is 5.41. The van der Waals surface area contributed by atoms with E-state index in [1.807, 2.05) is 66.9 Å². The summed E-state index contributed by atoms with van der Waals surface area (Å²) in [5.74, 6) is 0.718. The Balaban J connectivity index is 1.32. The predicted octanol–water partition coefficient (Wildman–Crippen LogP) is 3.13. The van der Waals surface area contributed by atoms with E-state index in [0.717, 1.165) is 41.4 Å². The van der Waals surface area contributed by atoms with Gasteiger partial charge < -0.3 is 19.9 Å². The van der Waals surface area contributed by atoms with Crippen molar-refractivity contribution in [3.8, 4) is 0 Å². The number of urea groups is 1. The molecule has 2 aliphatic rings. The number of nitrogens with one attached hydrogen (secondary N) is 1. The van der Waals surface area contributed by atoms with Crippen LogP contribution >= 0.6 is 0 Å². The van der Waals surface area contributed by atoms with E-state index >= 15 is 0 Å². The average molecular weight is 415 g/mol. The van der Waals surface area contributed by atoms with E-state index in [2.05, 4.69) is 15.2 Å². The number of amides is 2. The van der Waals surface area contributed by atoms with E-state index in [9.17, 15) is 4.79 Å². The van der Waals surface area contributed by atoms with E-state index in [0.29, 0.717) is 26.3 Å². The first-order chi connectivity index (χ1) is 15.3. The number of benzene rings is 2. The number of ether oxygens (including phenoxy) is 1. The maximum absolute atomic E-state index is 13.2. The highest BCUT2D eigenvalue weighted by atomic mass is 16.5. The third-order valence-corrected chi connectivity index (χ3v) is 5.76. The molecule has 1 N–H and O–H groups in total. The van der Waals surface area contributed by atoms with Crippen molar-refractivity contribution in [3.63, 3.8) is 0 Å². The second-order valence-electron chi connectivity index (χ2n) is 7.80. The maximum Gasteiger partial charge on any atom is 0.318 e. The molecule has 0 unspecified atom stereocenters. The Kier molecular flexibility index (Phi) is 5.50. The van der Waals surface area contributed by atoms with Crippen molar-refractivity contribution in [2.75, 3.05) is 31.2 Å². The van der Waals surface area contributed by atoms with Crippen LogP contribution in [0, 0.1) is 0 Å². The Hall–Kier alpha value is -3.45. The second kappa shape index (κ2) is 8.73. The minimum absolute atomic E-state index is 0.108. The largest absolute Gasteiger partial charge is 0.378 e. The maximum atomic E-state index is 13.2. The van der Waals surface area contributed by atoms with Crippen LogP contribution in [0.5, 0.6) is 0 Å². The van der Waals surface area contributed by atoms with E-state index in [1.54, 1.807) is 4.90 Å². The van der Waals surface area contributed by atoms with E-state index < -0.39 is 0 Å². The molecule has 2 aliphatic heterocycles. The van der Waals surface area contributed by atoms with Gasteiger partial charge in [-0.25, -0.2) is 14.8 Å². The van der Waals surface area contributed by atoms with Gasteiger partial charge in [-0.05, 0) is 11.1 Å². The smallest absolute Gasteiger partial charge is 0.318 e. The quantitative estimate of drug-likeness (QED) is 0.709. The minimum atomic E-state index is -0.214. The van der Waals surface area contributed by atoms with Crippen LogP contribution in [-0.2, 0) is 17.8 Å². The molecule has 1 saturated heterocycles. The molecule has 2 aromatic carbocycles. The van der Waals surface area contributed by atoms with E-state index in [4.69, 9.17) is 9.72 Å². The summed E-state index contributed by atoms with van der Waals surface area (Å²) in [6.45, 7) is 3.96. The molecule has 0 aliphatic carbocycles. The number of carbonyl (C=O) groups is 1. The fraction of sp³-hybridized carbons (Fsp3) is 0.292. The number of fused-ring (bicyclic) bond motifs is 1. The number of morpholine rings is 1. The molecule has 2 amide bonds. The topological polar surface area (TPSA) is 70.6 Å². The summed E-state index contributed by atoms with van der Waals surface area (Å²) in [5.41, 5.74) is 4.02. The number of carbonyl (C=O) groups excluding carboxylic acids is 1. The van der Waals surface area contributed by atoms with Gasteiger partial charge in [0, 0.05) is 24.8 Å². The minimum Gasteiger partial charge on any atom is -0.378 e. The lowest BCUT2D eigenvalue weighted by atomic mass is 9.99. The van der Waals surface area contributed by atoms with Gasteiger partial charge in [-0.3, -0.25) is 0 Å². The summed E-state index contributed by atoms with van der Waals surface area (Å²) in [6, 6.07) is 19.8. The van der Waals surface area contributed by atoms with Crippen molar-refractivity contribution in [2.45, 2.75) is 19.1 Å². The second-order valence-corrected chi connectivity index (χ2v) is 7.80. The molecule has 1 aromatic heterocycles. The van der Waals surface area contributed by atoms with Crippen LogP contribution in [0.4, 0.5) is 10.7 Å². The van der Waals surface area contributed by atoms with Gasteiger partial charge in [-0.1, -0.05) is 60.7 Å². The first kappa shape index (κ1) is 19.5. The normalized spacial score (nSPS) is 15.8. The molecule has 158 valence electrons. The zero-order chi connectivity index (χ0) is 21.0. The predicted molar refractivity (Wildman–Crippen MR) is 118 cm³/mol. The van der Waals surface area contributed by atoms with Gasteiger partial charge >= 0.3 is 6.03 Å². The highest BCUT2D eigenvalue weighted by Crippen LogP contribution is 2.26. The monoisotopic (exact) mass is 415 g/mol. The Bertz CT molecular complexity index is 999. The Morgan fingerprint density at radius 1 is 0.935 bits per heavy atom. The molecule has 3 aromatic rings. The molecule has 0 bridgehead atoms. The zero-order valence-corrected chi connectivity index (χ0v) is 17.3. The molecule has 5 rings (SSSR count). The van der Waals surface area contributed by atoms with Gasteiger partial charge in [0.15, 0.2) is 0 Å². The van der Waals surface area contributed by atoms with Gasteiger partial charge in [0.05, 0.1) is 38.0 Å². The third-order valence-electron chi connectivity index (χ3n) is 5.76. The highest BCUT2D eigenvalue weighted by molar-refractivity contribution is 5.76. The Morgan fingerprint density at radius 2 is 1.58 bits per heavy atom. The molecule has 0 atom stereocenters. The van der Waals surface area contributed by atoms with Gasteiger partial charge in [0.2, 0.25) is 5.95 Å². The molecule has 0 saturated carbocycles. The number of nitrogens with zero attached hydrogens (tertiary/aromatic N) is 4. The van der Waals surface area contributed by atoms with Crippen molar-refractivity contribution in [2.24, 2.45) is 0 Å². The first-order valence-corrected chi connectivity index (χ1v) is 10.6. The van der Waals surface area contributed by atoms with Crippen LogP contribution < -0.4 is 10.2 Å². The fourth-order valence-electron chi connectivity index (χ4n) is 4.07. The van der Waals surface area contributed by atoms with Crippen molar-refractivity contribution in [3.05, 3.63) is 89.2 Å². The lowest BCUT2D eigenvalue weighted by molar-refractivity contribution is 0.122. The highest BCUT2D eigenvalue weighted by Gasteiger charge is 2.28. The van der Waals surface area contributed by atoms with Crippen LogP contribution in [0.25, 0.3) is 0 Å². The molecule has 7 nitrogen and oxygen atoms in total. The number of hydrogen-bond acceptors (Lipinski definition) is 5. The summed E-state index contributed by atoms with van der Waals surface area (Å²) in [5, 5.41) is 3.22. The SMILES string of the molecule is O=C(NC(c1ccccc1)c1ccccc1)N1Cc2cnc(N3CCOCC3)nc2C1. The Labute approximate surface area is 181 Å². The van der Waals surface area contributed by atoms with E-state index in [1.165, 1.54) is 0 Å². The summed E-state index contributed by atoms with van der Waals surface area (Å²) in [4.78, 5) is 26.4. The van der Waals surface area contributed by atoms with Crippen molar-refractivity contribution in [1.82, 2.24) is 20.2 Å². The standard InChI is InChI=1S/C24H25N5O2/c30-24(27-22(18-7-3-1-4-8-18)19-9-5-2-6-10-19)29-16-20-15-25-23(26-21(20)17-29)28-11-13-31-14-12-28/h1-10,15,22H,11-14,16-17H2,(H,27,30).